The fourth-order valence-electron chi connectivity index (χ4n) is 9.19. The summed E-state index contributed by atoms with van der Waals surface area (Å²) >= 11 is 4.38. The zero-order chi connectivity index (χ0) is 76.2. The molecule has 10 rings (SSSR count). The molecule has 2 saturated carbocycles. The minimum atomic E-state index is -1.09. The number of esters is 2. The van der Waals surface area contributed by atoms with Gasteiger partial charge >= 0.3 is 36.8 Å². The molecule has 2 aliphatic carbocycles. The minimum Gasteiger partial charge on any atom is -0.870 e. The van der Waals surface area contributed by atoms with Crippen LogP contribution in [0.3, 0.4) is 0 Å². The van der Waals surface area contributed by atoms with Crippen molar-refractivity contribution in [3.05, 3.63) is 205 Å². The zero-order valence-corrected chi connectivity index (χ0v) is 63.9. The van der Waals surface area contributed by atoms with E-state index >= 15 is 0 Å². The molecule has 32 heteroatoms. The molecule has 560 valence electrons. The Morgan fingerprint density at radius 3 is 1.55 bits per heavy atom. The molecule has 2 aromatic carbocycles. The van der Waals surface area contributed by atoms with Crippen LogP contribution in [0.25, 0.3) is 19.4 Å². The number of amides is 2. The van der Waals surface area contributed by atoms with E-state index in [0.29, 0.717) is 47.6 Å². The maximum absolute atomic E-state index is 14.0. The van der Waals surface area contributed by atoms with Gasteiger partial charge < -0.3 is 56.2 Å². The Hall–Kier alpha value is -10.2. The fraction of sp³-hybridized carbons (Fsp3) is 0.405. The fourth-order valence-corrected chi connectivity index (χ4v) is 11.6. The third-order valence-corrected chi connectivity index (χ3v) is 17.8. The average Bonchev–Trinajstić information content (AvgIpc) is 1.16. The molecule has 6 heterocycles. The van der Waals surface area contributed by atoms with Gasteiger partial charge in [-0.15, -0.1) is 65.2 Å². The summed E-state index contributed by atoms with van der Waals surface area (Å²) in [6.45, 7) is 45.4. The molecule has 1 unspecified atom stereocenters. The molecular formula is C74H93LiN15O12S4+. The molecule has 0 aliphatic heterocycles. The van der Waals surface area contributed by atoms with Crippen molar-refractivity contribution in [2.45, 2.75) is 176 Å². The number of thiazole rings is 4. The van der Waals surface area contributed by atoms with Crippen LogP contribution in [0, 0.1) is 31.2 Å². The van der Waals surface area contributed by atoms with Crippen LogP contribution >= 0.6 is 45.3 Å². The summed E-state index contributed by atoms with van der Waals surface area (Å²) < 4.78 is 9.44. The van der Waals surface area contributed by atoms with E-state index in [-0.39, 0.29) is 92.4 Å². The summed E-state index contributed by atoms with van der Waals surface area (Å²) in [7, 11) is 0. The van der Waals surface area contributed by atoms with Gasteiger partial charge in [-0.1, -0.05) is 143 Å². The first-order valence-electron chi connectivity index (χ1n) is 32.8. The number of nitrogens with zero attached hydrogens (tertiary/aromatic N) is 12. The van der Waals surface area contributed by atoms with Gasteiger partial charge in [-0.05, 0) is 110 Å². The Bertz CT molecular complexity index is 4050. The summed E-state index contributed by atoms with van der Waals surface area (Å²) in [6.07, 6.45) is 20.8. The first-order chi connectivity index (χ1) is 49.4. The topological polar surface area (TPSA) is 372 Å². The van der Waals surface area contributed by atoms with Crippen LogP contribution in [0.1, 0.15) is 219 Å². The van der Waals surface area contributed by atoms with Gasteiger partial charge in [0, 0.05) is 66.2 Å². The smallest absolute Gasteiger partial charge is 0.870 e. The second kappa shape index (κ2) is 52.7. The molecule has 2 aliphatic rings. The molecule has 0 bridgehead atoms. The number of hydrogen-bond donors (Lipinski definition) is 4. The van der Waals surface area contributed by atoms with Gasteiger partial charge in [0.05, 0.1) is 18.7 Å². The number of carboxylic acid groups (broad SMARTS) is 1. The number of ether oxygens (including phenoxy) is 2. The third kappa shape index (κ3) is 34.1. The van der Waals surface area contributed by atoms with Crippen molar-refractivity contribution in [1.82, 2.24) is 35.2 Å². The van der Waals surface area contributed by atoms with E-state index in [1.807, 2.05) is 49.4 Å². The van der Waals surface area contributed by atoms with Crippen molar-refractivity contribution >= 4 is 116 Å². The summed E-state index contributed by atoms with van der Waals surface area (Å²) in [4.78, 5) is 122. The molecule has 0 saturated heterocycles. The number of nitrogens with one attached hydrogen (secondary N) is 1. The molecule has 0 spiro atoms. The first kappa shape index (κ1) is 95.8. The number of nitrogens with two attached hydrogens (primary N) is 2. The van der Waals surface area contributed by atoms with Gasteiger partial charge in [-0.25, -0.2) is 19.4 Å². The number of aromatic nitrogens is 6. The van der Waals surface area contributed by atoms with Crippen LogP contribution in [-0.2, 0) is 29.9 Å². The Balaban J connectivity index is 0.00000131. The van der Waals surface area contributed by atoms with Crippen LogP contribution in [0.4, 0.5) is 34.6 Å². The minimum absolute atomic E-state index is 0. The van der Waals surface area contributed by atoms with Gasteiger partial charge in [0.1, 0.15) is 33.1 Å². The number of benzene rings is 2. The Morgan fingerprint density at radius 2 is 1.14 bits per heavy atom. The Morgan fingerprint density at radius 1 is 0.679 bits per heavy atom. The van der Waals surface area contributed by atoms with E-state index < -0.39 is 29.9 Å². The average molecular weight is 1520 g/mol. The molecule has 7 N–H and O–H groups in total. The summed E-state index contributed by atoms with van der Waals surface area (Å²) in [5.74, 6) is -2.26. The first-order valence-corrected chi connectivity index (χ1v) is 36.3. The predicted octanol–water partition coefficient (Wildman–Crippen LogP) is 15.1. The van der Waals surface area contributed by atoms with E-state index in [4.69, 9.17) is 52.3 Å². The van der Waals surface area contributed by atoms with Crippen molar-refractivity contribution in [2.24, 2.45) is 5.34 Å². The standard InChI is InChI=1S/C28H31N5O2S.C10H15N.C7H6N2O2S.C7H12N.C6H8N2O2S.C6H5NO.C5H2N2O2S.C4H9NO2.CH4.Li.H2O/c1-28(2,3)20-12-14-22(15-13-20)33(27(35)24-25(29-4)31-18-36-24)23(19-9-8-16-30-17-19)26(34)32-21-10-6-5-7-11-21;1-10(2,3)8-4-6-9(11)7-5-8;1-3-11-7(10)5-6(8-2)9-4-12-5;1-8-7-5-3-2-4-6-7;1-2-10-6(9)4-5(7)8-3-11-4;8-5-6-2-1-3-7-4-6;1-6-4-3(5(8)9)10-2-7-4;1-2-3-4-7-5-6;;;/h8-9,12-18,21,23H,5-7,10-11H2,1-3H3,(H,32,34);4-7H,11H2,1-3H3;4H,3H2,1H3;1,7H,2-6H2;3H,2,7H2,1H3;1-5H;2H,(H,8,9);2-4H2,1H3;1H4;;1H2/q;;;+1;;;;;;+1;/p-1. The van der Waals surface area contributed by atoms with E-state index in [9.17, 15) is 33.7 Å². The maximum atomic E-state index is 14.0. The number of unbranched alkanes of at least 4 members (excludes halogenated alkanes) is 1. The number of aldehydes is 1. The SMILES string of the molecule is C.C#[N+]C1CCCCC1.CC(C)(C)c1ccc(N)cc1.CCCCON=O.CCOC(=O)c1scnc1N.O=Cc1cccnc1.[C-]#[N+]c1ncsc1C(=O)N(c1ccc(C(C)(C)C)cc1)C(C(=O)NC1CCCCC1)c1cccnc1.[C-]#[N+]c1ncsc1C(=O)O.[C-]#[N+]c1ncsc1C(=O)OCC.[Li+].[OH-]. The van der Waals surface area contributed by atoms with E-state index in [0.717, 1.165) is 90.1 Å². The number of anilines is 3. The molecule has 106 heavy (non-hydrogen) atoms. The van der Waals surface area contributed by atoms with Gasteiger partial charge in [0.2, 0.25) is 5.91 Å². The molecule has 8 aromatic rings. The van der Waals surface area contributed by atoms with E-state index in [1.54, 1.807) is 50.6 Å². The zero-order valence-electron chi connectivity index (χ0n) is 60.7. The monoisotopic (exact) mass is 1520 g/mol. The number of nitrogen functional groups attached to an aromatic ring is 2. The Kier molecular flexibility index (Phi) is 47.6. The van der Waals surface area contributed by atoms with Gasteiger partial charge in [-0.3, -0.25) is 29.3 Å². The summed E-state index contributed by atoms with van der Waals surface area (Å²) in [5.41, 5.74) is 22.0. The molecule has 1 atom stereocenters. The van der Waals surface area contributed by atoms with Gasteiger partial charge in [0.15, 0.2) is 33.0 Å². The normalized spacial score (nSPS) is 12.0. The van der Waals surface area contributed by atoms with Crippen molar-refractivity contribution in [3.63, 3.8) is 0 Å². The molecule has 2 amide bonds. The quantitative estimate of drug-likeness (QED) is 0.0102. The number of rotatable bonds is 16. The van der Waals surface area contributed by atoms with Crippen molar-refractivity contribution in [2.75, 3.05) is 36.2 Å². The van der Waals surface area contributed by atoms with Crippen molar-refractivity contribution in [3.8, 4) is 6.57 Å². The largest absolute Gasteiger partial charge is 1.00 e. The van der Waals surface area contributed by atoms with E-state index in [1.165, 1.54) is 88.6 Å². The number of carbonyl (C=O) groups excluding carboxylic acids is 5. The van der Waals surface area contributed by atoms with Gasteiger partial charge in [0.25, 0.3) is 36.0 Å². The third-order valence-electron chi connectivity index (χ3n) is 14.6. The van der Waals surface area contributed by atoms with Crippen LogP contribution in [0.2, 0.25) is 0 Å². The molecule has 0 radical (unpaired) electrons. The van der Waals surface area contributed by atoms with Crippen molar-refractivity contribution < 1.29 is 72.5 Å². The van der Waals surface area contributed by atoms with Crippen LogP contribution < -0.4 is 40.5 Å². The molecule has 27 nitrogen and oxygen atoms in total. The van der Waals surface area contributed by atoms with Crippen LogP contribution in [0.15, 0.2) is 125 Å². The number of hydrogen-bond acceptors (Lipinski definition) is 24. The maximum Gasteiger partial charge on any atom is 1.00 e. The van der Waals surface area contributed by atoms with Crippen LogP contribution in [-0.4, -0.2) is 108 Å². The van der Waals surface area contributed by atoms with E-state index in [2.05, 4.69) is 118 Å². The number of carboxylic acids is 1. The van der Waals surface area contributed by atoms with Crippen LogP contribution in [0.5, 0.6) is 0 Å². The number of aromatic carboxylic acids is 1. The Labute approximate surface area is 648 Å². The number of pyridine rings is 2. The summed E-state index contributed by atoms with van der Waals surface area (Å²) in [5, 5.41) is 13.8. The second-order valence-corrected chi connectivity index (χ2v) is 27.6. The summed E-state index contributed by atoms with van der Waals surface area (Å²) in [6, 6.07) is 22.4. The predicted molar refractivity (Wildman–Crippen MR) is 414 cm³/mol. The van der Waals surface area contributed by atoms with Crippen molar-refractivity contribution in [1.29, 1.82) is 0 Å². The second-order valence-electron chi connectivity index (χ2n) is 24.1. The number of carbonyl (C=O) groups is 6. The molecule has 2 fully saturated rings. The molecule has 6 aromatic heterocycles. The van der Waals surface area contributed by atoms with Gasteiger partial charge in [-0.2, -0.15) is 0 Å². The molecular weight excluding hydrogens is 1430 g/mol.